The molecule has 0 heterocycles. The van der Waals surface area contributed by atoms with Gasteiger partial charge in [-0.15, -0.1) is 0 Å². The van der Waals surface area contributed by atoms with Crippen LogP contribution in [0.15, 0.2) is 0 Å². The summed E-state index contributed by atoms with van der Waals surface area (Å²) in [6, 6.07) is -0.0685. The molecule has 3 N–H and O–H groups in total. The predicted octanol–water partition coefficient (Wildman–Crippen LogP) is 2.69. The fraction of sp³-hybridized carbons (Fsp3) is 0.929. The molecule has 0 saturated heterocycles. The van der Waals surface area contributed by atoms with Gasteiger partial charge in [0.05, 0.1) is 0 Å². The van der Waals surface area contributed by atoms with Gasteiger partial charge in [-0.3, -0.25) is 4.79 Å². The molecule has 102 valence electrons. The van der Waals surface area contributed by atoms with Crippen molar-refractivity contribution < 1.29 is 4.79 Å². The highest BCUT2D eigenvalue weighted by Gasteiger charge is 2.15. The fourth-order valence-corrected chi connectivity index (χ4v) is 1.64. The van der Waals surface area contributed by atoms with Crippen molar-refractivity contribution >= 4 is 5.91 Å². The molecule has 2 atom stereocenters. The number of carbonyl (C=O) groups is 1. The maximum atomic E-state index is 11.6. The molecule has 3 heteroatoms. The minimum Gasteiger partial charge on any atom is -0.356 e. The van der Waals surface area contributed by atoms with Gasteiger partial charge in [0.1, 0.15) is 0 Å². The van der Waals surface area contributed by atoms with Crippen LogP contribution in [0.1, 0.15) is 59.8 Å². The Morgan fingerprint density at radius 3 is 2.18 bits per heavy atom. The van der Waals surface area contributed by atoms with E-state index in [1.807, 2.05) is 13.8 Å². The first kappa shape index (κ1) is 16.4. The zero-order valence-electron chi connectivity index (χ0n) is 12.0. The van der Waals surface area contributed by atoms with Crippen molar-refractivity contribution in [3.8, 4) is 0 Å². The van der Waals surface area contributed by atoms with Gasteiger partial charge in [-0.05, 0) is 19.3 Å². The molecule has 0 saturated carbocycles. The van der Waals surface area contributed by atoms with Crippen molar-refractivity contribution in [2.75, 3.05) is 6.54 Å². The highest BCUT2D eigenvalue weighted by atomic mass is 16.1. The second-order valence-corrected chi connectivity index (χ2v) is 5.54. The monoisotopic (exact) mass is 242 g/mol. The third-order valence-corrected chi connectivity index (χ3v) is 3.21. The first-order chi connectivity index (χ1) is 7.95. The molecule has 17 heavy (non-hydrogen) atoms. The third kappa shape index (κ3) is 9.16. The molecule has 0 aromatic rings. The molecule has 0 aliphatic rings. The van der Waals surface area contributed by atoms with Crippen LogP contribution in [-0.4, -0.2) is 18.5 Å². The lowest BCUT2D eigenvalue weighted by Gasteiger charge is -2.15. The van der Waals surface area contributed by atoms with Crippen LogP contribution in [0, 0.1) is 11.8 Å². The lowest BCUT2D eigenvalue weighted by Crippen LogP contribution is -2.38. The Labute approximate surface area is 107 Å². The summed E-state index contributed by atoms with van der Waals surface area (Å²) in [4.78, 5) is 11.6. The Morgan fingerprint density at radius 2 is 1.65 bits per heavy atom. The standard InChI is InChI=1S/C14H30N2O/c1-11(2)9-7-5-6-8-10-16-14(17)12(3)13(4)15/h11-13H,5-10,15H2,1-4H3,(H,16,17). The van der Waals surface area contributed by atoms with Crippen molar-refractivity contribution in [3.63, 3.8) is 0 Å². The van der Waals surface area contributed by atoms with E-state index < -0.39 is 0 Å². The Morgan fingerprint density at radius 1 is 1.06 bits per heavy atom. The van der Waals surface area contributed by atoms with Gasteiger partial charge in [-0.25, -0.2) is 0 Å². The predicted molar refractivity (Wildman–Crippen MR) is 73.7 cm³/mol. The Kier molecular flexibility index (Phi) is 9.14. The van der Waals surface area contributed by atoms with Crippen LogP contribution in [0.3, 0.4) is 0 Å². The number of nitrogens with two attached hydrogens (primary N) is 1. The van der Waals surface area contributed by atoms with Gasteiger partial charge < -0.3 is 11.1 Å². The number of amides is 1. The largest absolute Gasteiger partial charge is 0.356 e. The van der Waals surface area contributed by atoms with Crippen LogP contribution in [0.5, 0.6) is 0 Å². The average Bonchev–Trinajstić information content (AvgIpc) is 2.25. The minimum atomic E-state index is -0.0871. The topological polar surface area (TPSA) is 55.1 Å². The SMILES string of the molecule is CC(C)CCCCCCNC(=O)C(C)C(C)N. The zero-order chi connectivity index (χ0) is 13.3. The van der Waals surface area contributed by atoms with E-state index in [1.165, 1.54) is 25.7 Å². The summed E-state index contributed by atoms with van der Waals surface area (Å²) in [5.41, 5.74) is 5.67. The second-order valence-electron chi connectivity index (χ2n) is 5.54. The smallest absolute Gasteiger partial charge is 0.224 e. The molecule has 3 nitrogen and oxygen atoms in total. The molecule has 2 unspecified atom stereocenters. The van der Waals surface area contributed by atoms with E-state index in [4.69, 9.17) is 5.73 Å². The van der Waals surface area contributed by atoms with Gasteiger partial charge in [0, 0.05) is 18.5 Å². The zero-order valence-corrected chi connectivity index (χ0v) is 12.0. The normalized spacial score (nSPS) is 14.7. The van der Waals surface area contributed by atoms with Crippen LogP contribution in [0.2, 0.25) is 0 Å². The summed E-state index contributed by atoms with van der Waals surface area (Å²) in [6.07, 6.45) is 6.18. The molecule has 0 aromatic carbocycles. The maximum absolute atomic E-state index is 11.6. The molecule has 0 aliphatic carbocycles. The van der Waals surface area contributed by atoms with Crippen molar-refractivity contribution in [1.29, 1.82) is 0 Å². The van der Waals surface area contributed by atoms with E-state index in [0.29, 0.717) is 0 Å². The summed E-state index contributed by atoms with van der Waals surface area (Å²) in [5.74, 6) is 0.805. The van der Waals surface area contributed by atoms with E-state index in [1.54, 1.807) is 0 Å². The molecule has 0 aliphatic heterocycles. The first-order valence-electron chi connectivity index (χ1n) is 6.98. The van der Waals surface area contributed by atoms with Gasteiger partial charge in [0.25, 0.3) is 0 Å². The number of hydrogen-bond acceptors (Lipinski definition) is 2. The van der Waals surface area contributed by atoms with Gasteiger partial charge >= 0.3 is 0 Å². The van der Waals surface area contributed by atoms with Crippen LogP contribution in [0.4, 0.5) is 0 Å². The van der Waals surface area contributed by atoms with Gasteiger partial charge in [0.15, 0.2) is 0 Å². The molecule has 0 aromatic heterocycles. The van der Waals surface area contributed by atoms with Crippen LogP contribution in [-0.2, 0) is 4.79 Å². The number of unbranched alkanes of at least 4 members (excludes halogenated alkanes) is 3. The number of nitrogens with one attached hydrogen (secondary N) is 1. The molecular weight excluding hydrogens is 212 g/mol. The van der Waals surface area contributed by atoms with Crippen LogP contribution < -0.4 is 11.1 Å². The molecule has 0 bridgehead atoms. The van der Waals surface area contributed by atoms with E-state index in [0.717, 1.165) is 18.9 Å². The summed E-state index contributed by atoms with van der Waals surface area (Å²) < 4.78 is 0. The Bertz CT molecular complexity index is 202. The Hall–Kier alpha value is -0.570. The van der Waals surface area contributed by atoms with E-state index in [9.17, 15) is 4.79 Å². The molecule has 0 rings (SSSR count). The summed E-state index contributed by atoms with van der Waals surface area (Å²) >= 11 is 0. The Balaban J connectivity index is 3.37. The average molecular weight is 242 g/mol. The van der Waals surface area contributed by atoms with Gasteiger partial charge in [0.2, 0.25) is 5.91 Å². The highest BCUT2D eigenvalue weighted by Crippen LogP contribution is 2.09. The summed E-state index contributed by atoms with van der Waals surface area (Å²) in [6.45, 7) is 9.06. The van der Waals surface area contributed by atoms with Crippen molar-refractivity contribution in [2.45, 2.75) is 65.8 Å². The third-order valence-electron chi connectivity index (χ3n) is 3.21. The van der Waals surface area contributed by atoms with Crippen molar-refractivity contribution in [1.82, 2.24) is 5.32 Å². The number of carbonyl (C=O) groups excluding carboxylic acids is 1. The van der Waals surface area contributed by atoms with E-state index >= 15 is 0 Å². The van der Waals surface area contributed by atoms with E-state index in [2.05, 4.69) is 19.2 Å². The van der Waals surface area contributed by atoms with Crippen molar-refractivity contribution in [3.05, 3.63) is 0 Å². The minimum absolute atomic E-state index is 0.0685. The molecule has 0 fully saturated rings. The van der Waals surface area contributed by atoms with Crippen LogP contribution >= 0.6 is 0 Å². The fourth-order valence-electron chi connectivity index (χ4n) is 1.64. The molecule has 0 spiro atoms. The lowest BCUT2D eigenvalue weighted by atomic mass is 10.0. The quantitative estimate of drug-likeness (QED) is 0.611. The van der Waals surface area contributed by atoms with Gasteiger partial charge in [-0.2, -0.15) is 0 Å². The summed E-state index contributed by atoms with van der Waals surface area (Å²) in [5, 5.41) is 2.94. The van der Waals surface area contributed by atoms with Crippen molar-refractivity contribution in [2.24, 2.45) is 17.6 Å². The second kappa shape index (κ2) is 9.46. The molecular formula is C14H30N2O. The number of rotatable bonds is 9. The van der Waals surface area contributed by atoms with E-state index in [-0.39, 0.29) is 17.9 Å². The molecule has 1 amide bonds. The maximum Gasteiger partial charge on any atom is 0.224 e. The lowest BCUT2D eigenvalue weighted by molar-refractivity contribution is -0.124. The summed E-state index contributed by atoms with van der Waals surface area (Å²) in [7, 11) is 0. The number of hydrogen-bond donors (Lipinski definition) is 2. The highest BCUT2D eigenvalue weighted by molar-refractivity contribution is 5.78. The van der Waals surface area contributed by atoms with Gasteiger partial charge in [-0.1, -0.05) is 46.5 Å². The van der Waals surface area contributed by atoms with Crippen LogP contribution in [0.25, 0.3) is 0 Å². The first-order valence-corrected chi connectivity index (χ1v) is 6.98. The molecule has 0 radical (unpaired) electrons.